The van der Waals surface area contributed by atoms with Crippen molar-refractivity contribution < 1.29 is 29.3 Å². The van der Waals surface area contributed by atoms with Crippen LogP contribution in [0.1, 0.15) is 36.3 Å². The Morgan fingerprint density at radius 2 is 1.63 bits per heavy atom. The quantitative estimate of drug-likeness (QED) is 0.454. The van der Waals surface area contributed by atoms with E-state index in [0.717, 1.165) is 22.3 Å². The predicted molar refractivity (Wildman–Crippen MR) is 129 cm³/mol. The topological polar surface area (TPSA) is 128 Å². The number of carbonyl (C=O) groups excluding carboxylic acids is 2. The molecule has 1 aliphatic heterocycles. The van der Waals surface area contributed by atoms with Crippen LogP contribution in [0.3, 0.4) is 0 Å². The number of carboxylic acid groups (broad SMARTS) is 1. The summed E-state index contributed by atoms with van der Waals surface area (Å²) >= 11 is 0. The number of aliphatic carboxylic acids is 1. The molecule has 0 aromatic heterocycles. The van der Waals surface area contributed by atoms with E-state index in [1.54, 1.807) is 0 Å². The van der Waals surface area contributed by atoms with Crippen molar-refractivity contribution in [1.29, 1.82) is 0 Å². The second-order valence-electron chi connectivity index (χ2n) is 9.35. The van der Waals surface area contributed by atoms with Crippen LogP contribution >= 0.6 is 0 Å². The minimum absolute atomic E-state index is 0.0780. The lowest BCUT2D eigenvalue weighted by molar-refractivity contribution is -0.143. The number of fused-ring (bicyclic) bond motifs is 3. The molecule has 1 heterocycles. The van der Waals surface area contributed by atoms with Gasteiger partial charge in [0.25, 0.3) is 0 Å². The molecule has 1 saturated heterocycles. The number of hydrogen-bond donors (Lipinski definition) is 4. The number of benzene rings is 2. The molecular formula is C26H31N3O6. The lowest BCUT2D eigenvalue weighted by atomic mass is 9.84. The molecule has 186 valence electrons. The van der Waals surface area contributed by atoms with Crippen molar-refractivity contribution in [2.75, 3.05) is 33.4 Å². The summed E-state index contributed by atoms with van der Waals surface area (Å²) in [6.07, 6.45) is 0.311. The Kier molecular flexibility index (Phi) is 7.37. The normalized spacial score (nSPS) is 17.7. The third-order valence-corrected chi connectivity index (χ3v) is 6.97. The highest BCUT2D eigenvalue weighted by Crippen LogP contribution is 2.44. The lowest BCUT2D eigenvalue weighted by Gasteiger charge is -2.40. The SMILES string of the molecule is CN1CCC(CC(=O)N[C@H](CO)C(=O)O)(NC(=O)OCC2c3ccccc3-c3ccccc32)CC1. The third-order valence-electron chi connectivity index (χ3n) is 6.97. The molecule has 2 aromatic rings. The zero-order valence-corrected chi connectivity index (χ0v) is 19.7. The summed E-state index contributed by atoms with van der Waals surface area (Å²) < 4.78 is 5.69. The van der Waals surface area contributed by atoms with Crippen LogP contribution in [-0.4, -0.2) is 78.0 Å². The molecular weight excluding hydrogens is 450 g/mol. The molecule has 0 bridgehead atoms. The van der Waals surface area contributed by atoms with E-state index in [1.807, 2.05) is 43.4 Å². The van der Waals surface area contributed by atoms with Gasteiger partial charge in [-0.25, -0.2) is 9.59 Å². The van der Waals surface area contributed by atoms with Gasteiger partial charge in [0.05, 0.1) is 12.1 Å². The van der Waals surface area contributed by atoms with Crippen molar-refractivity contribution in [3.05, 3.63) is 59.7 Å². The Morgan fingerprint density at radius 1 is 1.06 bits per heavy atom. The number of aliphatic hydroxyl groups excluding tert-OH is 1. The first-order valence-electron chi connectivity index (χ1n) is 11.8. The number of aliphatic hydroxyl groups is 1. The predicted octanol–water partition coefficient (Wildman–Crippen LogP) is 1.94. The highest BCUT2D eigenvalue weighted by molar-refractivity contribution is 5.85. The van der Waals surface area contributed by atoms with E-state index >= 15 is 0 Å². The molecule has 0 radical (unpaired) electrons. The van der Waals surface area contributed by atoms with E-state index < -0.39 is 36.2 Å². The monoisotopic (exact) mass is 481 g/mol. The van der Waals surface area contributed by atoms with Crippen molar-refractivity contribution >= 4 is 18.0 Å². The number of amides is 2. The molecule has 2 aliphatic rings. The van der Waals surface area contributed by atoms with E-state index in [4.69, 9.17) is 9.84 Å². The fourth-order valence-corrected chi connectivity index (χ4v) is 4.98. The molecule has 0 spiro atoms. The van der Waals surface area contributed by atoms with Gasteiger partial charge in [-0.15, -0.1) is 0 Å². The van der Waals surface area contributed by atoms with Gasteiger partial charge in [0.1, 0.15) is 12.6 Å². The van der Waals surface area contributed by atoms with Crippen molar-refractivity contribution in [3.63, 3.8) is 0 Å². The fourth-order valence-electron chi connectivity index (χ4n) is 4.98. The van der Waals surface area contributed by atoms with Crippen LogP contribution in [0.25, 0.3) is 11.1 Å². The van der Waals surface area contributed by atoms with Gasteiger partial charge in [-0.3, -0.25) is 4.79 Å². The number of rotatable bonds is 8. The molecule has 4 rings (SSSR count). The largest absolute Gasteiger partial charge is 0.480 e. The zero-order valence-electron chi connectivity index (χ0n) is 19.7. The summed E-state index contributed by atoms with van der Waals surface area (Å²) in [7, 11) is 1.96. The number of nitrogens with zero attached hydrogens (tertiary/aromatic N) is 1. The summed E-state index contributed by atoms with van der Waals surface area (Å²) in [6, 6.07) is 14.8. The number of alkyl carbamates (subject to hydrolysis) is 1. The number of ether oxygens (including phenoxy) is 1. The number of hydrogen-bond acceptors (Lipinski definition) is 6. The molecule has 4 N–H and O–H groups in total. The summed E-state index contributed by atoms with van der Waals surface area (Å²) in [4.78, 5) is 38.8. The summed E-state index contributed by atoms with van der Waals surface area (Å²) in [5.74, 6) is -1.94. The number of nitrogens with one attached hydrogen (secondary N) is 2. The van der Waals surface area contributed by atoms with E-state index in [2.05, 4.69) is 27.7 Å². The van der Waals surface area contributed by atoms with E-state index in [-0.39, 0.29) is 18.9 Å². The Hall–Kier alpha value is -3.43. The first kappa shape index (κ1) is 24.7. The highest BCUT2D eigenvalue weighted by Gasteiger charge is 2.39. The molecule has 1 fully saturated rings. The number of carbonyl (C=O) groups is 3. The molecule has 0 unspecified atom stereocenters. The van der Waals surface area contributed by atoms with Crippen molar-refractivity contribution in [2.24, 2.45) is 0 Å². The maximum atomic E-state index is 12.9. The molecule has 0 saturated carbocycles. The van der Waals surface area contributed by atoms with Crippen LogP contribution in [0.2, 0.25) is 0 Å². The average molecular weight is 482 g/mol. The van der Waals surface area contributed by atoms with Gasteiger partial charge < -0.3 is 30.5 Å². The summed E-state index contributed by atoms with van der Waals surface area (Å²) in [5, 5.41) is 23.6. The minimum atomic E-state index is -1.39. The van der Waals surface area contributed by atoms with Gasteiger partial charge in [0.2, 0.25) is 5.91 Å². The molecule has 9 heteroatoms. The summed E-state index contributed by atoms with van der Waals surface area (Å²) in [6.45, 7) is 0.781. The number of piperidine rings is 1. The molecule has 35 heavy (non-hydrogen) atoms. The van der Waals surface area contributed by atoms with Crippen LogP contribution in [-0.2, 0) is 14.3 Å². The second-order valence-corrected chi connectivity index (χ2v) is 9.35. The fraction of sp³-hybridized carbons (Fsp3) is 0.423. The second kappa shape index (κ2) is 10.5. The first-order chi connectivity index (χ1) is 16.8. The van der Waals surface area contributed by atoms with E-state index in [1.165, 1.54) is 0 Å². The maximum Gasteiger partial charge on any atom is 0.407 e. The van der Waals surface area contributed by atoms with Gasteiger partial charge in [-0.2, -0.15) is 0 Å². The zero-order chi connectivity index (χ0) is 25.0. The van der Waals surface area contributed by atoms with Gasteiger partial charge >= 0.3 is 12.1 Å². The van der Waals surface area contributed by atoms with Crippen LogP contribution in [0.4, 0.5) is 4.79 Å². The van der Waals surface area contributed by atoms with Crippen molar-refractivity contribution in [2.45, 2.75) is 36.8 Å². The van der Waals surface area contributed by atoms with E-state index in [9.17, 15) is 19.5 Å². The lowest BCUT2D eigenvalue weighted by Crippen LogP contribution is -2.57. The van der Waals surface area contributed by atoms with Gasteiger partial charge in [-0.1, -0.05) is 48.5 Å². The molecule has 1 atom stereocenters. The standard InChI is InChI=1S/C26H31N3O6/c1-29-12-10-26(11-13-29,14-23(31)27-22(15-30)24(32)33)28-25(34)35-16-21-19-8-4-2-6-17(19)18-7-3-5-9-20(18)21/h2-9,21-22,30H,10-16H2,1H3,(H,27,31)(H,28,34)(H,32,33)/t22-/m1/s1. The number of carboxylic acids is 1. The first-order valence-corrected chi connectivity index (χ1v) is 11.8. The van der Waals surface area contributed by atoms with Crippen LogP contribution < -0.4 is 10.6 Å². The Labute approximate surface area is 204 Å². The van der Waals surface area contributed by atoms with Crippen LogP contribution in [0.5, 0.6) is 0 Å². The average Bonchev–Trinajstić information content (AvgIpc) is 3.16. The van der Waals surface area contributed by atoms with Crippen molar-refractivity contribution in [1.82, 2.24) is 15.5 Å². The van der Waals surface area contributed by atoms with Gasteiger partial charge in [0.15, 0.2) is 0 Å². The molecule has 2 aromatic carbocycles. The van der Waals surface area contributed by atoms with E-state index in [0.29, 0.717) is 25.9 Å². The minimum Gasteiger partial charge on any atom is -0.480 e. The highest BCUT2D eigenvalue weighted by atomic mass is 16.5. The third kappa shape index (κ3) is 5.47. The Bertz CT molecular complexity index is 1050. The van der Waals surface area contributed by atoms with Crippen molar-refractivity contribution in [3.8, 4) is 11.1 Å². The Morgan fingerprint density at radius 3 is 2.17 bits per heavy atom. The Balaban J connectivity index is 1.43. The van der Waals surface area contributed by atoms with Crippen LogP contribution in [0, 0.1) is 0 Å². The summed E-state index contributed by atoms with van der Waals surface area (Å²) in [5.41, 5.74) is 3.63. The van der Waals surface area contributed by atoms with Crippen LogP contribution in [0.15, 0.2) is 48.5 Å². The molecule has 9 nitrogen and oxygen atoms in total. The smallest absolute Gasteiger partial charge is 0.407 e. The number of likely N-dealkylation sites (tertiary alicyclic amines) is 1. The molecule has 2 amide bonds. The maximum absolute atomic E-state index is 12.9. The van der Waals surface area contributed by atoms with Gasteiger partial charge in [-0.05, 0) is 42.1 Å². The van der Waals surface area contributed by atoms with Gasteiger partial charge in [0, 0.05) is 25.4 Å². The molecule has 1 aliphatic carbocycles.